The Balaban J connectivity index is 1.78. The minimum Gasteiger partial charge on any atom is -0.489 e. The number of hydrogen-bond donors (Lipinski definition) is 1. The van der Waals surface area contributed by atoms with Gasteiger partial charge >= 0.3 is 5.97 Å². The van der Waals surface area contributed by atoms with E-state index in [0.29, 0.717) is 33.3 Å². The molecule has 0 atom stereocenters. The summed E-state index contributed by atoms with van der Waals surface area (Å²) >= 11 is 0. The van der Waals surface area contributed by atoms with Gasteiger partial charge in [0, 0.05) is 35.5 Å². The van der Waals surface area contributed by atoms with Crippen LogP contribution in [0.4, 0.5) is 4.39 Å². The Morgan fingerprint density at radius 1 is 1.14 bits per heavy atom. The van der Waals surface area contributed by atoms with Crippen LogP contribution in [0.1, 0.15) is 23.7 Å². The van der Waals surface area contributed by atoms with Crippen molar-refractivity contribution in [2.24, 2.45) is 5.73 Å². The van der Waals surface area contributed by atoms with Crippen molar-refractivity contribution in [3.8, 4) is 16.9 Å². The number of hydrogen-bond acceptors (Lipinski definition) is 7. The molecule has 8 nitrogen and oxygen atoms in total. The third-order valence-electron chi connectivity index (χ3n) is 5.64. The Kier molecular flexibility index (Phi) is 7.37. The zero-order valence-electron chi connectivity index (χ0n) is 19.9. The Morgan fingerprint density at radius 2 is 1.92 bits per heavy atom. The largest absolute Gasteiger partial charge is 0.489 e. The van der Waals surface area contributed by atoms with Gasteiger partial charge < -0.3 is 15.2 Å². The SMILES string of the molecule is CCOC(=O)Cc1ccccc1OCc1cc(-c2ccnc(CN)c2F)c2ccn(S(C)(=O)=O)c2c1. The van der Waals surface area contributed by atoms with Gasteiger partial charge in [-0.05, 0) is 48.4 Å². The van der Waals surface area contributed by atoms with E-state index in [1.165, 1.54) is 18.5 Å². The highest BCUT2D eigenvalue weighted by atomic mass is 32.2. The predicted octanol–water partition coefficient (Wildman–Crippen LogP) is 3.79. The lowest BCUT2D eigenvalue weighted by atomic mass is 9.98. The van der Waals surface area contributed by atoms with E-state index in [9.17, 15) is 13.2 Å². The average Bonchev–Trinajstić information content (AvgIpc) is 3.28. The third kappa shape index (κ3) is 5.24. The highest BCUT2D eigenvalue weighted by Crippen LogP contribution is 2.34. The van der Waals surface area contributed by atoms with Crippen molar-refractivity contribution in [2.75, 3.05) is 12.9 Å². The smallest absolute Gasteiger partial charge is 0.310 e. The molecule has 4 rings (SSSR count). The third-order valence-corrected chi connectivity index (χ3v) is 6.67. The van der Waals surface area contributed by atoms with E-state index < -0.39 is 15.8 Å². The number of ether oxygens (including phenoxy) is 2. The number of aromatic nitrogens is 2. The van der Waals surface area contributed by atoms with Crippen molar-refractivity contribution < 1.29 is 27.1 Å². The molecule has 0 fully saturated rings. The highest BCUT2D eigenvalue weighted by Gasteiger charge is 2.19. The second-order valence-corrected chi connectivity index (χ2v) is 10.0. The number of para-hydroxylation sites is 1. The number of nitrogens with zero attached hydrogens (tertiary/aromatic N) is 2. The average molecular weight is 512 g/mol. The van der Waals surface area contributed by atoms with Crippen LogP contribution >= 0.6 is 0 Å². The molecule has 0 spiro atoms. The molecule has 4 aromatic rings. The molecular formula is C26H26FN3O5S. The van der Waals surface area contributed by atoms with Crippen molar-refractivity contribution >= 4 is 26.9 Å². The van der Waals surface area contributed by atoms with Gasteiger partial charge in [0.2, 0.25) is 10.0 Å². The summed E-state index contributed by atoms with van der Waals surface area (Å²) in [7, 11) is -3.62. The van der Waals surface area contributed by atoms with Gasteiger partial charge in [0.1, 0.15) is 12.4 Å². The normalized spacial score (nSPS) is 11.6. The summed E-state index contributed by atoms with van der Waals surface area (Å²) in [5, 5.41) is 0.556. The quantitative estimate of drug-likeness (QED) is 0.340. The van der Waals surface area contributed by atoms with E-state index in [1.54, 1.807) is 49.4 Å². The number of nitrogens with two attached hydrogens (primary N) is 1. The van der Waals surface area contributed by atoms with Gasteiger partial charge in [-0.25, -0.2) is 16.8 Å². The molecule has 0 amide bonds. The van der Waals surface area contributed by atoms with Crippen LogP contribution in [0, 0.1) is 5.82 Å². The Hall–Kier alpha value is -3.76. The van der Waals surface area contributed by atoms with Crippen molar-refractivity contribution in [2.45, 2.75) is 26.5 Å². The molecule has 36 heavy (non-hydrogen) atoms. The molecule has 188 valence electrons. The second kappa shape index (κ2) is 10.5. The fraction of sp³-hybridized carbons (Fsp3) is 0.231. The van der Waals surface area contributed by atoms with Crippen LogP contribution in [-0.2, 0) is 39.1 Å². The van der Waals surface area contributed by atoms with Crippen LogP contribution < -0.4 is 10.5 Å². The molecule has 0 aliphatic rings. The summed E-state index contributed by atoms with van der Waals surface area (Å²) in [6.45, 7) is 1.99. The van der Waals surface area contributed by atoms with E-state index in [1.807, 2.05) is 0 Å². The number of esters is 1. The molecule has 2 heterocycles. The fourth-order valence-electron chi connectivity index (χ4n) is 4.03. The highest BCUT2D eigenvalue weighted by molar-refractivity contribution is 7.89. The van der Waals surface area contributed by atoms with Gasteiger partial charge in [0.05, 0.1) is 30.5 Å². The molecule has 0 aliphatic heterocycles. The first-order valence-electron chi connectivity index (χ1n) is 11.3. The number of carbonyl (C=O) groups excluding carboxylic acids is 1. The van der Waals surface area contributed by atoms with Gasteiger partial charge in [-0.3, -0.25) is 9.78 Å². The first-order chi connectivity index (χ1) is 17.2. The molecule has 2 N–H and O–H groups in total. The van der Waals surface area contributed by atoms with Crippen molar-refractivity contribution in [1.82, 2.24) is 8.96 Å². The van der Waals surface area contributed by atoms with Crippen LogP contribution in [0.5, 0.6) is 5.75 Å². The van der Waals surface area contributed by atoms with E-state index in [0.717, 1.165) is 10.2 Å². The van der Waals surface area contributed by atoms with Crippen LogP contribution in [0.3, 0.4) is 0 Å². The summed E-state index contributed by atoms with van der Waals surface area (Å²) in [5.41, 5.74) is 8.15. The van der Waals surface area contributed by atoms with Gasteiger partial charge in [0.15, 0.2) is 5.82 Å². The summed E-state index contributed by atoms with van der Waals surface area (Å²) in [6, 6.07) is 13.7. The zero-order chi connectivity index (χ0) is 25.9. The zero-order valence-corrected chi connectivity index (χ0v) is 20.7. The molecular weight excluding hydrogens is 485 g/mol. The predicted molar refractivity (Wildman–Crippen MR) is 134 cm³/mol. The van der Waals surface area contributed by atoms with Gasteiger partial charge in [-0.15, -0.1) is 0 Å². The summed E-state index contributed by atoms with van der Waals surface area (Å²) in [5.74, 6) is -0.440. The summed E-state index contributed by atoms with van der Waals surface area (Å²) < 4.78 is 52.2. The van der Waals surface area contributed by atoms with Crippen molar-refractivity contribution in [3.05, 3.63) is 83.6 Å². The lowest BCUT2D eigenvalue weighted by Crippen LogP contribution is -2.10. The molecule has 0 bridgehead atoms. The maximum absolute atomic E-state index is 15.2. The van der Waals surface area contributed by atoms with E-state index in [2.05, 4.69) is 4.98 Å². The van der Waals surface area contributed by atoms with Crippen LogP contribution in [0.15, 0.2) is 60.9 Å². The van der Waals surface area contributed by atoms with Gasteiger partial charge in [-0.2, -0.15) is 0 Å². The fourth-order valence-corrected chi connectivity index (χ4v) is 4.82. The maximum atomic E-state index is 15.2. The first-order valence-corrected chi connectivity index (χ1v) is 13.1. The van der Waals surface area contributed by atoms with Crippen LogP contribution in [0.25, 0.3) is 22.0 Å². The van der Waals surface area contributed by atoms with E-state index in [-0.39, 0.29) is 43.4 Å². The Labute approximate surface area is 208 Å². The first kappa shape index (κ1) is 25.3. The van der Waals surface area contributed by atoms with E-state index >= 15 is 4.39 Å². The van der Waals surface area contributed by atoms with Crippen molar-refractivity contribution in [1.29, 1.82) is 0 Å². The minimum absolute atomic E-state index is 0.0498. The number of rotatable bonds is 9. The number of fused-ring (bicyclic) bond motifs is 1. The Morgan fingerprint density at radius 3 is 2.64 bits per heavy atom. The topological polar surface area (TPSA) is 114 Å². The van der Waals surface area contributed by atoms with E-state index in [4.69, 9.17) is 15.2 Å². The maximum Gasteiger partial charge on any atom is 0.310 e. The monoisotopic (exact) mass is 511 g/mol. The Bertz CT molecular complexity index is 1530. The molecule has 0 aliphatic carbocycles. The number of benzene rings is 2. The standard InChI is InChI=1S/C26H26FN3O5S/c1-3-34-25(31)14-18-6-4-5-7-24(18)35-16-17-12-21(20-8-10-29-22(15-28)26(20)27)19-9-11-30(23(19)13-17)36(2,32)33/h4-13H,3,14-16,28H2,1-2H3. The summed E-state index contributed by atoms with van der Waals surface area (Å²) in [4.78, 5) is 16.0. The molecule has 0 unspecified atom stereocenters. The van der Waals surface area contributed by atoms with Crippen LogP contribution in [0.2, 0.25) is 0 Å². The second-order valence-electron chi connectivity index (χ2n) is 8.15. The molecule has 10 heteroatoms. The van der Waals surface area contributed by atoms with Crippen LogP contribution in [-0.4, -0.2) is 36.2 Å². The lowest BCUT2D eigenvalue weighted by Gasteiger charge is -2.14. The molecule has 2 aromatic carbocycles. The molecule has 0 saturated carbocycles. The van der Waals surface area contributed by atoms with Crippen molar-refractivity contribution in [3.63, 3.8) is 0 Å². The minimum atomic E-state index is -3.62. The number of halogens is 1. The molecule has 0 radical (unpaired) electrons. The molecule has 2 aromatic heterocycles. The lowest BCUT2D eigenvalue weighted by molar-refractivity contribution is -0.142. The summed E-state index contributed by atoms with van der Waals surface area (Å²) in [6.07, 6.45) is 4.05. The molecule has 0 saturated heterocycles. The number of pyridine rings is 1. The number of carbonyl (C=O) groups is 1. The van der Waals surface area contributed by atoms with Gasteiger partial charge in [0.25, 0.3) is 0 Å². The van der Waals surface area contributed by atoms with Gasteiger partial charge in [-0.1, -0.05) is 18.2 Å².